The second-order valence-electron chi connectivity index (χ2n) is 12.9. The summed E-state index contributed by atoms with van der Waals surface area (Å²) in [7, 11) is 0. The van der Waals surface area contributed by atoms with E-state index in [4.69, 9.17) is 9.47 Å². The molecule has 4 aromatic carbocycles. The number of rotatable bonds is 16. The molecule has 0 unspecified atom stereocenters. The van der Waals surface area contributed by atoms with Crippen LogP contribution in [0.3, 0.4) is 0 Å². The van der Waals surface area contributed by atoms with E-state index in [1.54, 1.807) is 9.80 Å². The predicted molar refractivity (Wildman–Crippen MR) is 192 cm³/mol. The summed E-state index contributed by atoms with van der Waals surface area (Å²) in [5.41, 5.74) is 0.0487. The first-order valence-electron chi connectivity index (χ1n) is 17.5. The Morgan fingerprint density at radius 3 is 1.67 bits per heavy atom. The van der Waals surface area contributed by atoms with Crippen LogP contribution in [0.5, 0.6) is 23.0 Å². The van der Waals surface area contributed by atoms with Crippen LogP contribution in [0.4, 0.5) is 0 Å². The van der Waals surface area contributed by atoms with Crippen molar-refractivity contribution in [3.8, 4) is 23.0 Å². The highest BCUT2D eigenvalue weighted by Gasteiger charge is 2.68. The fraction of sp³-hybridized carbons (Fsp3) is 0.300. The standard InChI is InChI=1S/C40H42N6O6/c1-3-23-44(26-29-15-19-33(20-16-29)51-31-11-7-5-8-12-31)37(47)36-35(38(48)49)25-40(36,46-28-41-42-43-46)39(50)45(24-4-2)27-30-17-21-34(22-18-30)52-32-13-9-6-10-14-32/h5-22,28,35-36H,3-4,23-27H2,1-2H3,(H,48,49)/t35-,36+,40+/m0/s1. The van der Waals surface area contributed by atoms with Gasteiger partial charge in [0.2, 0.25) is 5.91 Å². The number of nitrogens with zero attached hydrogens (tertiary/aromatic N) is 6. The third kappa shape index (κ3) is 7.80. The number of aliphatic carboxylic acids is 1. The number of hydrogen-bond acceptors (Lipinski definition) is 8. The van der Waals surface area contributed by atoms with Crippen LogP contribution in [-0.2, 0) is 33.0 Å². The quantitative estimate of drug-likeness (QED) is 0.121. The third-order valence-electron chi connectivity index (χ3n) is 9.30. The number of amides is 2. The Labute approximate surface area is 302 Å². The molecule has 0 saturated heterocycles. The van der Waals surface area contributed by atoms with Crippen molar-refractivity contribution in [2.24, 2.45) is 11.8 Å². The number of carboxylic acid groups (broad SMARTS) is 1. The zero-order chi connectivity index (χ0) is 36.5. The first-order valence-corrected chi connectivity index (χ1v) is 17.5. The van der Waals surface area contributed by atoms with Crippen LogP contribution in [0.15, 0.2) is 116 Å². The van der Waals surface area contributed by atoms with Crippen LogP contribution in [0.2, 0.25) is 0 Å². The lowest BCUT2D eigenvalue weighted by atomic mass is 9.57. The summed E-state index contributed by atoms with van der Waals surface area (Å²) in [5, 5.41) is 22.1. The highest BCUT2D eigenvalue weighted by atomic mass is 16.5. The zero-order valence-electron chi connectivity index (χ0n) is 29.2. The van der Waals surface area contributed by atoms with E-state index in [2.05, 4.69) is 15.5 Å². The van der Waals surface area contributed by atoms with Gasteiger partial charge >= 0.3 is 5.97 Å². The molecule has 52 heavy (non-hydrogen) atoms. The molecule has 1 N–H and O–H groups in total. The highest BCUT2D eigenvalue weighted by Crippen LogP contribution is 2.52. The Morgan fingerprint density at radius 1 is 0.731 bits per heavy atom. The first-order chi connectivity index (χ1) is 25.3. The van der Waals surface area contributed by atoms with E-state index in [9.17, 15) is 19.5 Å². The molecular weight excluding hydrogens is 660 g/mol. The van der Waals surface area contributed by atoms with Gasteiger partial charge in [0, 0.05) is 26.2 Å². The minimum absolute atomic E-state index is 0.127. The van der Waals surface area contributed by atoms with Gasteiger partial charge in [0.05, 0.1) is 11.8 Å². The smallest absolute Gasteiger partial charge is 0.307 e. The summed E-state index contributed by atoms with van der Waals surface area (Å²) in [5.74, 6) is -1.63. The number of aromatic nitrogens is 4. The summed E-state index contributed by atoms with van der Waals surface area (Å²) in [6.45, 7) is 5.10. The van der Waals surface area contributed by atoms with Crippen LogP contribution in [0.25, 0.3) is 0 Å². The van der Waals surface area contributed by atoms with Gasteiger partial charge in [0.1, 0.15) is 29.3 Å². The van der Waals surface area contributed by atoms with E-state index in [0.29, 0.717) is 48.9 Å². The predicted octanol–water partition coefficient (Wildman–Crippen LogP) is 6.55. The van der Waals surface area contributed by atoms with E-state index in [0.717, 1.165) is 11.1 Å². The molecule has 1 saturated carbocycles. The van der Waals surface area contributed by atoms with Gasteiger partial charge in [-0.25, -0.2) is 4.68 Å². The molecule has 0 radical (unpaired) electrons. The van der Waals surface area contributed by atoms with E-state index in [1.807, 2.05) is 123 Å². The van der Waals surface area contributed by atoms with E-state index < -0.39 is 35.2 Å². The molecule has 2 amide bonds. The van der Waals surface area contributed by atoms with Crippen LogP contribution in [0.1, 0.15) is 44.2 Å². The highest BCUT2D eigenvalue weighted by molar-refractivity contribution is 5.98. The molecule has 12 nitrogen and oxygen atoms in total. The summed E-state index contributed by atoms with van der Waals surface area (Å²) in [4.78, 5) is 45.5. The van der Waals surface area contributed by atoms with Gasteiger partial charge in [-0.1, -0.05) is 74.5 Å². The summed E-state index contributed by atoms with van der Waals surface area (Å²) in [6, 6.07) is 33.8. The number of para-hydroxylation sites is 2. The molecule has 0 spiro atoms. The molecule has 1 aliphatic carbocycles. The molecule has 268 valence electrons. The van der Waals surface area contributed by atoms with Crippen molar-refractivity contribution in [3.63, 3.8) is 0 Å². The largest absolute Gasteiger partial charge is 0.481 e. The maximum atomic E-state index is 14.9. The average Bonchev–Trinajstić information content (AvgIpc) is 3.68. The molecule has 5 aromatic rings. The van der Waals surface area contributed by atoms with Crippen LogP contribution >= 0.6 is 0 Å². The summed E-state index contributed by atoms with van der Waals surface area (Å²) < 4.78 is 13.2. The van der Waals surface area contributed by atoms with Gasteiger partial charge in [-0.05, 0) is 89.3 Å². The van der Waals surface area contributed by atoms with Crippen molar-refractivity contribution in [1.82, 2.24) is 30.0 Å². The Bertz CT molecular complexity index is 1920. The van der Waals surface area contributed by atoms with Crippen LogP contribution in [-0.4, -0.2) is 66.0 Å². The monoisotopic (exact) mass is 702 g/mol. The van der Waals surface area contributed by atoms with Crippen LogP contribution < -0.4 is 9.47 Å². The minimum Gasteiger partial charge on any atom is -0.481 e. The molecule has 6 rings (SSSR count). The molecule has 1 aliphatic rings. The number of benzene rings is 4. The van der Waals surface area contributed by atoms with Crippen LogP contribution in [0, 0.1) is 11.8 Å². The Hall–Kier alpha value is -6.04. The second kappa shape index (κ2) is 16.3. The number of carboxylic acids is 1. The van der Waals surface area contributed by atoms with Gasteiger partial charge in [-0.2, -0.15) is 0 Å². The molecule has 1 heterocycles. The van der Waals surface area contributed by atoms with Crippen molar-refractivity contribution in [2.45, 2.75) is 51.7 Å². The number of carbonyl (C=O) groups excluding carboxylic acids is 2. The molecule has 3 atom stereocenters. The molecular formula is C40H42N6O6. The number of tetrazole rings is 1. The van der Waals surface area contributed by atoms with Crippen molar-refractivity contribution in [1.29, 1.82) is 0 Å². The van der Waals surface area contributed by atoms with Gasteiger partial charge in [-0.15, -0.1) is 5.10 Å². The fourth-order valence-corrected chi connectivity index (χ4v) is 6.80. The zero-order valence-corrected chi connectivity index (χ0v) is 29.2. The van der Waals surface area contributed by atoms with Gasteiger partial charge in [0.25, 0.3) is 5.91 Å². The van der Waals surface area contributed by atoms with Gasteiger partial charge < -0.3 is 24.4 Å². The maximum absolute atomic E-state index is 14.9. The third-order valence-corrected chi connectivity index (χ3v) is 9.30. The Morgan fingerprint density at radius 2 is 1.21 bits per heavy atom. The molecule has 0 bridgehead atoms. The molecule has 1 fully saturated rings. The Balaban J connectivity index is 1.26. The van der Waals surface area contributed by atoms with Crippen molar-refractivity contribution >= 4 is 17.8 Å². The summed E-state index contributed by atoms with van der Waals surface area (Å²) in [6.07, 6.45) is 2.44. The molecule has 12 heteroatoms. The van der Waals surface area contributed by atoms with Crippen molar-refractivity contribution in [3.05, 3.63) is 127 Å². The number of ether oxygens (including phenoxy) is 2. The SMILES string of the molecule is CCCN(Cc1ccc(Oc2ccccc2)cc1)C(=O)[C@H]1[C@@H](C(=O)O)C[C@@]1(C(=O)N(CCC)Cc1ccc(Oc2ccccc2)cc1)n1cnnn1. The van der Waals surface area contributed by atoms with Gasteiger partial charge in [0.15, 0.2) is 5.54 Å². The Kier molecular flexibility index (Phi) is 11.2. The first kappa shape index (κ1) is 35.8. The molecule has 1 aromatic heterocycles. The minimum atomic E-state index is -1.63. The number of carbonyl (C=O) groups is 3. The lowest BCUT2D eigenvalue weighted by Crippen LogP contribution is -2.69. The maximum Gasteiger partial charge on any atom is 0.307 e. The van der Waals surface area contributed by atoms with E-state index >= 15 is 0 Å². The van der Waals surface area contributed by atoms with E-state index in [-0.39, 0.29) is 19.5 Å². The lowest BCUT2D eigenvalue weighted by molar-refractivity contribution is -0.182. The average molecular weight is 703 g/mol. The lowest BCUT2D eigenvalue weighted by Gasteiger charge is -2.52. The van der Waals surface area contributed by atoms with E-state index in [1.165, 1.54) is 11.0 Å². The second-order valence-corrected chi connectivity index (χ2v) is 12.9. The molecule has 0 aliphatic heterocycles. The van der Waals surface area contributed by atoms with Gasteiger partial charge in [-0.3, -0.25) is 14.4 Å². The summed E-state index contributed by atoms with van der Waals surface area (Å²) >= 11 is 0. The van der Waals surface area contributed by atoms with Crippen molar-refractivity contribution in [2.75, 3.05) is 13.1 Å². The van der Waals surface area contributed by atoms with Crippen molar-refractivity contribution < 1.29 is 29.0 Å². The topological polar surface area (TPSA) is 140 Å². The fourth-order valence-electron chi connectivity index (χ4n) is 6.80. The normalized spacial score (nSPS) is 17.8. The number of hydrogen-bond donors (Lipinski definition) is 1.